The fourth-order valence-electron chi connectivity index (χ4n) is 1.70. The average Bonchev–Trinajstić information content (AvgIpc) is 2.80. The molecule has 0 bridgehead atoms. The largest absolute Gasteiger partial charge is 0.444 e. The minimum absolute atomic E-state index is 0.0641. The number of nitrogens with one attached hydrogen (secondary N) is 1. The van der Waals surface area contributed by atoms with Gasteiger partial charge >= 0.3 is 0 Å². The molecule has 1 aromatic carbocycles. The van der Waals surface area contributed by atoms with Crippen LogP contribution in [0.15, 0.2) is 22.7 Å². The fourth-order valence-corrected chi connectivity index (χ4v) is 1.82. The van der Waals surface area contributed by atoms with Gasteiger partial charge in [0, 0.05) is 5.56 Å². The summed E-state index contributed by atoms with van der Waals surface area (Å²) in [5, 5.41) is 2.68. The summed E-state index contributed by atoms with van der Waals surface area (Å²) < 4.78 is 33.1. The summed E-state index contributed by atoms with van der Waals surface area (Å²) in [7, 11) is 0. The van der Waals surface area contributed by atoms with Crippen LogP contribution in [0.3, 0.4) is 0 Å². The van der Waals surface area contributed by atoms with Gasteiger partial charge in [0.2, 0.25) is 5.89 Å². The molecule has 2 aromatic rings. The summed E-state index contributed by atoms with van der Waals surface area (Å²) in [5.41, 5.74) is 5.22. The molecule has 106 valence electrons. The predicted octanol–water partition coefficient (Wildman–Crippen LogP) is 3.07. The Morgan fingerprint density at radius 2 is 2.00 bits per heavy atom. The highest BCUT2D eigenvalue weighted by atomic mass is 32.1. The van der Waals surface area contributed by atoms with Gasteiger partial charge in [-0.25, -0.2) is 13.8 Å². The van der Waals surface area contributed by atoms with Gasteiger partial charge in [0.05, 0.1) is 6.20 Å². The van der Waals surface area contributed by atoms with Crippen molar-refractivity contribution < 1.29 is 13.2 Å². The Balaban J connectivity index is 2.27. The summed E-state index contributed by atoms with van der Waals surface area (Å²) in [6.07, 6.45) is 1.54. The van der Waals surface area contributed by atoms with Gasteiger partial charge in [-0.3, -0.25) is 0 Å². The standard InChI is InChI=1S/C13H13F2N3OS/c1-6-5-17-13(19-6)7(2)18-11-9(14)3-8(12(16)20)4-10(11)15/h3-5,7,18H,1-2H3,(H2,16,20). The molecule has 0 saturated carbocycles. The average molecular weight is 297 g/mol. The molecule has 0 radical (unpaired) electrons. The van der Waals surface area contributed by atoms with E-state index in [1.54, 1.807) is 13.8 Å². The molecule has 20 heavy (non-hydrogen) atoms. The Bertz CT molecular complexity index is 634. The number of thiocarbonyl (C=S) groups is 1. The predicted molar refractivity (Wildman–Crippen MR) is 75.5 cm³/mol. The molecule has 0 amide bonds. The van der Waals surface area contributed by atoms with Gasteiger partial charge in [0.1, 0.15) is 34.1 Å². The molecule has 0 fully saturated rings. The van der Waals surface area contributed by atoms with Crippen molar-refractivity contribution in [2.45, 2.75) is 19.9 Å². The van der Waals surface area contributed by atoms with Gasteiger partial charge in [-0.2, -0.15) is 0 Å². The number of nitrogens with two attached hydrogens (primary N) is 1. The number of benzene rings is 1. The van der Waals surface area contributed by atoms with E-state index in [1.807, 2.05) is 0 Å². The number of hydrogen-bond acceptors (Lipinski definition) is 4. The van der Waals surface area contributed by atoms with Crippen LogP contribution >= 0.6 is 12.2 Å². The van der Waals surface area contributed by atoms with Crippen molar-refractivity contribution in [2.75, 3.05) is 5.32 Å². The van der Waals surface area contributed by atoms with Crippen LogP contribution in [-0.4, -0.2) is 9.97 Å². The molecule has 0 saturated heterocycles. The third-order valence-electron chi connectivity index (χ3n) is 2.70. The molecule has 1 aromatic heterocycles. The second-order valence-corrected chi connectivity index (χ2v) is 4.79. The zero-order valence-electron chi connectivity index (χ0n) is 10.9. The molecule has 1 atom stereocenters. The molecule has 0 aliphatic carbocycles. The van der Waals surface area contributed by atoms with Gasteiger partial charge < -0.3 is 15.5 Å². The number of oxazole rings is 1. The smallest absolute Gasteiger partial charge is 0.216 e. The monoisotopic (exact) mass is 297 g/mol. The molecule has 2 rings (SSSR count). The minimum Gasteiger partial charge on any atom is -0.444 e. The number of halogens is 2. The second-order valence-electron chi connectivity index (χ2n) is 4.35. The Labute approximate surface area is 120 Å². The maximum Gasteiger partial charge on any atom is 0.216 e. The van der Waals surface area contributed by atoms with Gasteiger partial charge in [-0.05, 0) is 26.0 Å². The Morgan fingerprint density at radius 1 is 1.40 bits per heavy atom. The van der Waals surface area contributed by atoms with E-state index in [0.717, 1.165) is 12.1 Å². The van der Waals surface area contributed by atoms with Gasteiger partial charge in [0.25, 0.3) is 0 Å². The molecule has 1 heterocycles. The van der Waals surface area contributed by atoms with E-state index in [0.29, 0.717) is 11.7 Å². The van der Waals surface area contributed by atoms with Crippen molar-refractivity contribution in [3.63, 3.8) is 0 Å². The molecule has 1 unspecified atom stereocenters. The molecule has 3 N–H and O–H groups in total. The summed E-state index contributed by atoms with van der Waals surface area (Å²) in [6, 6.07) is 1.69. The number of nitrogens with zero attached hydrogens (tertiary/aromatic N) is 1. The third kappa shape index (κ3) is 2.93. The number of aromatic nitrogens is 1. The first-order valence-electron chi connectivity index (χ1n) is 5.86. The lowest BCUT2D eigenvalue weighted by Gasteiger charge is -2.14. The van der Waals surface area contributed by atoms with E-state index in [4.69, 9.17) is 22.4 Å². The lowest BCUT2D eigenvalue weighted by atomic mass is 10.1. The van der Waals surface area contributed by atoms with Crippen molar-refractivity contribution in [3.8, 4) is 0 Å². The van der Waals surface area contributed by atoms with Crippen LogP contribution in [-0.2, 0) is 0 Å². The van der Waals surface area contributed by atoms with Crippen LogP contribution in [0.4, 0.5) is 14.5 Å². The molecule has 4 nitrogen and oxygen atoms in total. The highest BCUT2D eigenvalue weighted by Crippen LogP contribution is 2.25. The zero-order chi connectivity index (χ0) is 14.9. The van der Waals surface area contributed by atoms with E-state index in [-0.39, 0.29) is 16.2 Å². The maximum atomic E-state index is 13.9. The summed E-state index contributed by atoms with van der Waals surface area (Å²) in [5.74, 6) is -0.580. The minimum atomic E-state index is -0.775. The van der Waals surface area contributed by atoms with Crippen LogP contribution in [0.5, 0.6) is 0 Å². The molecular weight excluding hydrogens is 284 g/mol. The van der Waals surface area contributed by atoms with E-state index >= 15 is 0 Å². The lowest BCUT2D eigenvalue weighted by molar-refractivity contribution is 0.452. The van der Waals surface area contributed by atoms with Gasteiger partial charge in [0.15, 0.2) is 0 Å². The summed E-state index contributed by atoms with van der Waals surface area (Å²) in [6.45, 7) is 3.42. The van der Waals surface area contributed by atoms with Crippen LogP contribution in [0, 0.1) is 18.6 Å². The molecule has 0 aliphatic rings. The normalized spacial score (nSPS) is 12.2. The first-order valence-corrected chi connectivity index (χ1v) is 6.27. The van der Waals surface area contributed by atoms with Crippen molar-refractivity contribution in [1.29, 1.82) is 0 Å². The Hall–Kier alpha value is -2.02. The van der Waals surface area contributed by atoms with Gasteiger partial charge in [-0.1, -0.05) is 12.2 Å². The summed E-state index contributed by atoms with van der Waals surface area (Å²) in [4.78, 5) is 3.94. The molecular formula is C13H13F2N3OS. The highest BCUT2D eigenvalue weighted by molar-refractivity contribution is 7.80. The fraction of sp³-hybridized carbons (Fsp3) is 0.231. The SMILES string of the molecule is Cc1cnc(C(C)Nc2c(F)cc(C(N)=S)cc2F)o1. The van der Waals surface area contributed by atoms with Crippen LogP contribution in [0.25, 0.3) is 0 Å². The van der Waals surface area contributed by atoms with Crippen molar-refractivity contribution in [1.82, 2.24) is 4.98 Å². The number of anilines is 1. The van der Waals surface area contributed by atoms with Crippen molar-refractivity contribution >= 4 is 22.9 Å². The van der Waals surface area contributed by atoms with E-state index in [2.05, 4.69) is 10.3 Å². The molecule has 0 aliphatic heterocycles. The third-order valence-corrected chi connectivity index (χ3v) is 2.93. The zero-order valence-corrected chi connectivity index (χ0v) is 11.7. The van der Waals surface area contributed by atoms with Crippen molar-refractivity contribution in [2.24, 2.45) is 5.73 Å². The van der Waals surface area contributed by atoms with Crippen LogP contribution in [0.1, 0.15) is 30.2 Å². The topological polar surface area (TPSA) is 64.1 Å². The number of aryl methyl sites for hydroxylation is 1. The van der Waals surface area contributed by atoms with E-state index < -0.39 is 17.7 Å². The Kier molecular flexibility index (Phi) is 3.99. The Morgan fingerprint density at radius 3 is 2.45 bits per heavy atom. The van der Waals surface area contributed by atoms with Crippen LogP contribution < -0.4 is 11.1 Å². The van der Waals surface area contributed by atoms with Crippen LogP contribution in [0.2, 0.25) is 0 Å². The quantitative estimate of drug-likeness (QED) is 0.849. The number of rotatable bonds is 4. The lowest BCUT2D eigenvalue weighted by Crippen LogP contribution is -2.13. The highest BCUT2D eigenvalue weighted by Gasteiger charge is 2.17. The molecule has 7 heteroatoms. The van der Waals surface area contributed by atoms with E-state index in [9.17, 15) is 8.78 Å². The second kappa shape index (κ2) is 5.54. The first kappa shape index (κ1) is 14.4. The van der Waals surface area contributed by atoms with Crippen molar-refractivity contribution in [3.05, 3.63) is 47.2 Å². The number of hydrogen-bond donors (Lipinski definition) is 2. The molecule has 0 spiro atoms. The van der Waals surface area contributed by atoms with Gasteiger partial charge in [-0.15, -0.1) is 0 Å². The maximum absolute atomic E-state index is 13.9. The summed E-state index contributed by atoms with van der Waals surface area (Å²) >= 11 is 4.69. The first-order chi connectivity index (χ1) is 9.38. The van der Waals surface area contributed by atoms with E-state index in [1.165, 1.54) is 6.20 Å².